The van der Waals surface area contributed by atoms with E-state index in [1.165, 1.54) is 0 Å². The van der Waals surface area contributed by atoms with Gasteiger partial charge in [-0.3, -0.25) is 4.79 Å². The minimum atomic E-state index is -0.782. The van der Waals surface area contributed by atoms with E-state index in [1.54, 1.807) is 38.3 Å². The summed E-state index contributed by atoms with van der Waals surface area (Å²) in [6, 6.07) is 12.5. The van der Waals surface area contributed by atoms with Gasteiger partial charge in [0, 0.05) is 5.56 Å². The van der Waals surface area contributed by atoms with Crippen molar-refractivity contribution in [2.24, 2.45) is 0 Å². The van der Waals surface area contributed by atoms with Crippen LogP contribution in [0.25, 0.3) is 0 Å². The molecule has 1 amide bonds. The van der Waals surface area contributed by atoms with E-state index in [2.05, 4.69) is 5.32 Å². The number of nitrogens with one attached hydrogen (secondary N) is 1. The molecule has 2 atom stereocenters. The lowest BCUT2D eigenvalue weighted by molar-refractivity contribution is 0.0851. The summed E-state index contributed by atoms with van der Waals surface area (Å²) in [7, 11) is 1.60. The zero-order valence-electron chi connectivity index (χ0n) is 14.0. The molecule has 0 saturated heterocycles. The lowest BCUT2D eigenvalue weighted by Gasteiger charge is -2.21. The number of hydrogen-bond donors (Lipinski definition) is 2. The smallest absolute Gasteiger partial charge is 0.251 e. The quantitative estimate of drug-likeness (QED) is 0.891. The molecule has 4 nitrogen and oxygen atoms in total. The van der Waals surface area contributed by atoms with Gasteiger partial charge in [-0.2, -0.15) is 0 Å². The molecule has 2 aromatic carbocycles. The third kappa shape index (κ3) is 4.11. The van der Waals surface area contributed by atoms with Crippen molar-refractivity contribution in [1.82, 2.24) is 5.32 Å². The van der Waals surface area contributed by atoms with E-state index in [0.29, 0.717) is 5.56 Å². The van der Waals surface area contributed by atoms with Crippen LogP contribution in [0.1, 0.15) is 40.1 Å². The monoisotopic (exact) mass is 313 g/mol. The first kappa shape index (κ1) is 17.0. The van der Waals surface area contributed by atoms with Gasteiger partial charge in [0.15, 0.2) is 0 Å². The van der Waals surface area contributed by atoms with E-state index in [0.717, 1.165) is 22.4 Å². The Labute approximate surface area is 137 Å². The summed E-state index contributed by atoms with van der Waals surface area (Å²) in [4.78, 5) is 12.4. The lowest BCUT2D eigenvalue weighted by Crippen LogP contribution is -2.37. The number of amides is 1. The van der Waals surface area contributed by atoms with Crippen LogP contribution in [0.5, 0.6) is 5.75 Å². The molecule has 0 aromatic heterocycles. The number of rotatable bonds is 5. The molecule has 0 spiro atoms. The zero-order valence-corrected chi connectivity index (χ0v) is 14.0. The Hall–Kier alpha value is -2.33. The van der Waals surface area contributed by atoms with Crippen molar-refractivity contribution in [2.45, 2.75) is 32.9 Å². The summed E-state index contributed by atoms with van der Waals surface area (Å²) < 4.78 is 5.10. The van der Waals surface area contributed by atoms with Gasteiger partial charge < -0.3 is 15.2 Å². The summed E-state index contributed by atoms with van der Waals surface area (Å²) in [5, 5.41) is 13.3. The maximum atomic E-state index is 12.4. The van der Waals surface area contributed by atoms with Gasteiger partial charge in [-0.25, -0.2) is 0 Å². The van der Waals surface area contributed by atoms with Gasteiger partial charge in [0.25, 0.3) is 5.91 Å². The highest BCUT2D eigenvalue weighted by Gasteiger charge is 2.20. The second kappa shape index (κ2) is 7.29. The molecule has 0 aliphatic rings. The first-order valence-electron chi connectivity index (χ1n) is 7.62. The molecule has 0 aliphatic carbocycles. The Bertz CT molecular complexity index is 680. The maximum absolute atomic E-state index is 12.4. The van der Waals surface area contributed by atoms with Crippen LogP contribution in [0.2, 0.25) is 0 Å². The molecular weight excluding hydrogens is 290 g/mol. The van der Waals surface area contributed by atoms with Crippen LogP contribution in [0.4, 0.5) is 0 Å². The highest BCUT2D eigenvalue weighted by atomic mass is 16.5. The van der Waals surface area contributed by atoms with Gasteiger partial charge in [0.05, 0.1) is 19.3 Å². The predicted octanol–water partition coefficient (Wildman–Crippen LogP) is 3.16. The summed E-state index contributed by atoms with van der Waals surface area (Å²) in [5.74, 6) is 0.551. The first-order valence-corrected chi connectivity index (χ1v) is 7.62. The molecule has 4 heteroatoms. The van der Waals surface area contributed by atoms with E-state index in [-0.39, 0.29) is 5.91 Å². The number of ether oxygens (including phenoxy) is 1. The number of aryl methyl sites for hydroxylation is 2. The molecule has 2 unspecified atom stereocenters. The average molecular weight is 313 g/mol. The Morgan fingerprint density at radius 3 is 2.35 bits per heavy atom. The van der Waals surface area contributed by atoms with Crippen LogP contribution in [0.3, 0.4) is 0 Å². The highest BCUT2D eigenvalue weighted by Crippen LogP contribution is 2.20. The number of carbonyl (C=O) groups is 1. The summed E-state index contributed by atoms with van der Waals surface area (Å²) in [6.07, 6.45) is -0.782. The second-order valence-electron chi connectivity index (χ2n) is 5.80. The van der Waals surface area contributed by atoms with Gasteiger partial charge in [0.1, 0.15) is 5.75 Å². The number of carbonyl (C=O) groups excluding carboxylic acids is 1. The van der Waals surface area contributed by atoms with E-state index in [4.69, 9.17) is 4.74 Å². The van der Waals surface area contributed by atoms with Crippen molar-refractivity contribution in [1.29, 1.82) is 0 Å². The molecule has 122 valence electrons. The summed E-state index contributed by atoms with van der Waals surface area (Å²) in [5.41, 5.74) is 3.41. The van der Waals surface area contributed by atoms with Crippen molar-refractivity contribution in [3.63, 3.8) is 0 Å². The van der Waals surface area contributed by atoms with Crippen LogP contribution in [0.15, 0.2) is 42.5 Å². The third-order valence-electron chi connectivity index (χ3n) is 3.92. The number of aliphatic hydroxyl groups is 1. The van der Waals surface area contributed by atoms with Crippen LogP contribution >= 0.6 is 0 Å². The van der Waals surface area contributed by atoms with Crippen molar-refractivity contribution in [2.75, 3.05) is 7.11 Å². The van der Waals surface area contributed by atoms with Gasteiger partial charge in [-0.1, -0.05) is 29.8 Å². The molecule has 0 bridgehead atoms. The van der Waals surface area contributed by atoms with E-state index >= 15 is 0 Å². The Kier molecular flexibility index (Phi) is 5.40. The van der Waals surface area contributed by atoms with Crippen molar-refractivity contribution < 1.29 is 14.6 Å². The van der Waals surface area contributed by atoms with Gasteiger partial charge in [0.2, 0.25) is 0 Å². The maximum Gasteiger partial charge on any atom is 0.251 e. The van der Waals surface area contributed by atoms with E-state index in [9.17, 15) is 9.90 Å². The van der Waals surface area contributed by atoms with Crippen LogP contribution < -0.4 is 10.1 Å². The lowest BCUT2D eigenvalue weighted by atomic mass is 10.0. The fourth-order valence-electron chi connectivity index (χ4n) is 2.52. The molecule has 0 fully saturated rings. The van der Waals surface area contributed by atoms with Crippen molar-refractivity contribution in [3.8, 4) is 5.75 Å². The minimum Gasteiger partial charge on any atom is -0.497 e. The standard InChI is InChI=1S/C19H23NO3/c1-12-5-10-17(13(2)11-12)19(22)20-14(3)18(21)15-6-8-16(23-4)9-7-15/h5-11,14,18,21H,1-4H3,(H,20,22). The molecule has 2 aromatic rings. The van der Waals surface area contributed by atoms with Crippen LogP contribution in [-0.2, 0) is 0 Å². The SMILES string of the molecule is COc1ccc(C(O)C(C)NC(=O)c2ccc(C)cc2C)cc1. The van der Waals surface area contributed by atoms with Crippen molar-refractivity contribution >= 4 is 5.91 Å². The molecule has 0 heterocycles. The number of methoxy groups -OCH3 is 1. The van der Waals surface area contributed by atoms with E-state index < -0.39 is 12.1 Å². The first-order chi connectivity index (χ1) is 10.9. The summed E-state index contributed by atoms with van der Waals surface area (Å²) >= 11 is 0. The largest absolute Gasteiger partial charge is 0.497 e. The summed E-state index contributed by atoms with van der Waals surface area (Å²) in [6.45, 7) is 5.69. The number of aliphatic hydroxyl groups excluding tert-OH is 1. The predicted molar refractivity (Wildman–Crippen MR) is 90.8 cm³/mol. The third-order valence-corrected chi connectivity index (χ3v) is 3.92. The molecule has 2 rings (SSSR count). The Balaban J connectivity index is 2.07. The van der Waals surface area contributed by atoms with Gasteiger partial charge >= 0.3 is 0 Å². The topological polar surface area (TPSA) is 58.6 Å². The molecule has 23 heavy (non-hydrogen) atoms. The molecule has 0 radical (unpaired) electrons. The molecule has 0 saturated carbocycles. The van der Waals surface area contributed by atoms with Crippen LogP contribution in [0, 0.1) is 13.8 Å². The highest BCUT2D eigenvalue weighted by molar-refractivity contribution is 5.95. The van der Waals surface area contributed by atoms with Crippen molar-refractivity contribution in [3.05, 3.63) is 64.7 Å². The molecule has 0 aliphatic heterocycles. The van der Waals surface area contributed by atoms with Gasteiger partial charge in [-0.05, 0) is 50.1 Å². The molecular formula is C19H23NO3. The Morgan fingerprint density at radius 2 is 1.78 bits per heavy atom. The number of benzene rings is 2. The minimum absolute atomic E-state index is 0.178. The van der Waals surface area contributed by atoms with Gasteiger partial charge in [-0.15, -0.1) is 0 Å². The second-order valence-corrected chi connectivity index (χ2v) is 5.80. The number of hydrogen-bond acceptors (Lipinski definition) is 3. The van der Waals surface area contributed by atoms with E-state index in [1.807, 2.05) is 32.0 Å². The normalized spacial score (nSPS) is 13.3. The fraction of sp³-hybridized carbons (Fsp3) is 0.316. The van der Waals surface area contributed by atoms with Crippen LogP contribution in [-0.4, -0.2) is 24.2 Å². The zero-order chi connectivity index (χ0) is 17.0. The fourth-order valence-corrected chi connectivity index (χ4v) is 2.52. The molecule has 2 N–H and O–H groups in total. The average Bonchev–Trinajstić information content (AvgIpc) is 2.54. The Morgan fingerprint density at radius 1 is 1.13 bits per heavy atom.